The molecule has 2 aromatic rings. The molecule has 2 heterocycles. The summed E-state index contributed by atoms with van der Waals surface area (Å²) in [5.41, 5.74) is 4.20. The smallest absolute Gasteiger partial charge is 0.313 e. The van der Waals surface area contributed by atoms with Crippen molar-refractivity contribution in [3.8, 4) is 5.75 Å². The number of aryl methyl sites for hydroxylation is 1. The van der Waals surface area contributed by atoms with Gasteiger partial charge in [0.05, 0.1) is 19.2 Å². The lowest BCUT2D eigenvalue weighted by Gasteiger charge is -2.26. The van der Waals surface area contributed by atoms with Crippen LogP contribution in [0.25, 0.3) is 0 Å². The molecule has 162 valence electrons. The third-order valence-corrected chi connectivity index (χ3v) is 5.69. The van der Waals surface area contributed by atoms with Crippen LogP contribution in [-0.4, -0.2) is 45.0 Å². The molecule has 0 bridgehead atoms. The van der Waals surface area contributed by atoms with Gasteiger partial charge in [-0.25, -0.2) is 0 Å². The van der Waals surface area contributed by atoms with E-state index in [4.69, 9.17) is 9.47 Å². The number of carbonyl (C=O) groups is 3. The van der Waals surface area contributed by atoms with Crippen LogP contribution in [-0.2, 0) is 32.0 Å². The van der Waals surface area contributed by atoms with E-state index in [0.717, 1.165) is 41.8 Å². The number of benzene rings is 2. The Hall–Kier alpha value is -3.39. The molecule has 2 N–H and O–H groups in total. The van der Waals surface area contributed by atoms with Crippen LogP contribution in [0.5, 0.6) is 5.75 Å². The highest BCUT2D eigenvalue weighted by Crippen LogP contribution is 2.38. The maximum absolute atomic E-state index is 12.4. The number of carbonyl (C=O) groups excluding carboxylic acids is 3. The highest BCUT2D eigenvalue weighted by Gasteiger charge is 2.32. The summed E-state index contributed by atoms with van der Waals surface area (Å²) in [4.78, 5) is 38.8. The first-order chi connectivity index (χ1) is 15.0. The van der Waals surface area contributed by atoms with Gasteiger partial charge in [0.2, 0.25) is 5.91 Å². The van der Waals surface area contributed by atoms with E-state index in [2.05, 4.69) is 10.6 Å². The topological polar surface area (TPSA) is 97.0 Å². The SMILES string of the molecule is COc1ccccc1[C@H](CNC(=O)C(=O)Nc1cc2c3c(c1)CC(=O)N3CCC2)OC. The zero-order chi connectivity index (χ0) is 22.0. The summed E-state index contributed by atoms with van der Waals surface area (Å²) in [6.07, 6.45) is 1.59. The van der Waals surface area contributed by atoms with E-state index in [-0.39, 0.29) is 12.5 Å². The zero-order valence-electron chi connectivity index (χ0n) is 17.6. The number of rotatable bonds is 6. The van der Waals surface area contributed by atoms with Crippen molar-refractivity contribution in [1.29, 1.82) is 0 Å². The van der Waals surface area contributed by atoms with E-state index in [1.807, 2.05) is 35.2 Å². The van der Waals surface area contributed by atoms with Gasteiger partial charge >= 0.3 is 11.8 Å². The van der Waals surface area contributed by atoms with E-state index in [1.165, 1.54) is 7.11 Å². The molecule has 3 amide bonds. The van der Waals surface area contributed by atoms with Crippen LogP contribution in [0.3, 0.4) is 0 Å². The predicted octanol–water partition coefficient (Wildman–Crippen LogP) is 1.97. The van der Waals surface area contributed by atoms with Crippen LogP contribution in [0.2, 0.25) is 0 Å². The first-order valence-electron chi connectivity index (χ1n) is 10.2. The molecule has 1 atom stereocenters. The number of hydrogen-bond donors (Lipinski definition) is 2. The molecule has 8 nitrogen and oxygen atoms in total. The Kier molecular flexibility index (Phi) is 5.90. The molecule has 8 heteroatoms. The summed E-state index contributed by atoms with van der Waals surface area (Å²) in [6.45, 7) is 0.849. The number of methoxy groups -OCH3 is 2. The van der Waals surface area contributed by atoms with Gasteiger partial charge in [0.1, 0.15) is 11.9 Å². The lowest BCUT2D eigenvalue weighted by Crippen LogP contribution is -2.38. The maximum Gasteiger partial charge on any atom is 0.313 e. The quantitative estimate of drug-likeness (QED) is 0.693. The van der Waals surface area contributed by atoms with Crippen molar-refractivity contribution < 1.29 is 23.9 Å². The van der Waals surface area contributed by atoms with Crippen LogP contribution in [0, 0.1) is 0 Å². The van der Waals surface area contributed by atoms with E-state index >= 15 is 0 Å². The van der Waals surface area contributed by atoms with Crippen LogP contribution >= 0.6 is 0 Å². The Morgan fingerprint density at radius 3 is 2.68 bits per heavy atom. The van der Waals surface area contributed by atoms with Gasteiger partial charge in [0.25, 0.3) is 0 Å². The summed E-state index contributed by atoms with van der Waals surface area (Å²) in [5, 5.41) is 5.27. The fraction of sp³-hybridized carbons (Fsp3) is 0.348. The molecule has 0 aliphatic carbocycles. The first-order valence-corrected chi connectivity index (χ1v) is 10.2. The predicted molar refractivity (Wildman–Crippen MR) is 115 cm³/mol. The van der Waals surface area contributed by atoms with Crippen molar-refractivity contribution >= 4 is 29.1 Å². The normalized spacial score (nSPS) is 15.3. The van der Waals surface area contributed by atoms with Gasteiger partial charge in [0, 0.05) is 31.5 Å². The van der Waals surface area contributed by atoms with E-state index in [0.29, 0.717) is 17.9 Å². The molecule has 31 heavy (non-hydrogen) atoms. The van der Waals surface area contributed by atoms with Crippen molar-refractivity contribution in [2.45, 2.75) is 25.4 Å². The molecule has 2 aliphatic heterocycles. The van der Waals surface area contributed by atoms with Gasteiger partial charge in [-0.3, -0.25) is 14.4 Å². The van der Waals surface area contributed by atoms with Crippen molar-refractivity contribution in [2.75, 3.05) is 37.5 Å². The summed E-state index contributed by atoms with van der Waals surface area (Å²) in [6, 6.07) is 11.0. The van der Waals surface area contributed by atoms with E-state index < -0.39 is 17.9 Å². The fourth-order valence-corrected chi connectivity index (χ4v) is 4.26. The number of para-hydroxylation sites is 1. The Labute approximate surface area is 180 Å². The van der Waals surface area contributed by atoms with Gasteiger partial charge in [-0.05, 0) is 42.2 Å². The molecule has 0 fully saturated rings. The summed E-state index contributed by atoms with van der Waals surface area (Å²) in [5.74, 6) is -0.800. The minimum atomic E-state index is -0.765. The van der Waals surface area contributed by atoms with Crippen molar-refractivity contribution in [1.82, 2.24) is 5.32 Å². The van der Waals surface area contributed by atoms with Crippen LogP contribution in [0.15, 0.2) is 36.4 Å². The Morgan fingerprint density at radius 2 is 1.90 bits per heavy atom. The second kappa shape index (κ2) is 8.77. The van der Waals surface area contributed by atoms with Gasteiger partial charge in [-0.2, -0.15) is 0 Å². The Balaban J connectivity index is 1.41. The van der Waals surface area contributed by atoms with Crippen LogP contribution in [0.4, 0.5) is 11.4 Å². The van der Waals surface area contributed by atoms with E-state index in [1.54, 1.807) is 13.2 Å². The average Bonchev–Trinajstić information content (AvgIpc) is 3.10. The van der Waals surface area contributed by atoms with Gasteiger partial charge < -0.3 is 25.0 Å². The second-order valence-corrected chi connectivity index (χ2v) is 7.60. The van der Waals surface area contributed by atoms with Crippen molar-refractivity contribution in [2.24, 2.45) is 0 Å². The molecular formula is C23H25N3O5. The summed E-state index contributed by atoms with van der Waals surface area (Å²) in [7, 11) is 3.10. The first kappa shape index (κ1) is 20.9. The largest absolute Gasteiger partial charge is 0.496 e. The average molecular weight is 423 g/mol. The standard InChI is InChI=1S/C23H25N3O5/c1-30-18-8-4-3-7-17(18)19(31-2)13-24-22(28)23(29)25-16-10-14-6-5-9-26-20(27)12-15(11-16)21(14)26/h3-4,7-8,10-11,19H,5-6,9,12-13H2,1-2H3,(H,24,28)(H,25,29)/t19-/m0/s1. The monoisotopic (exact) mass is 423 g/mol. The molecule has 0 spiro atoms. The fourth-order valence-electron chi connectivity index (χ4n) is 4.26. The lowest BCUT2D eigenvalue weighted by molar-refractivity contribution is -0.136. The van der Waals surface area contributed by atoms with Gasteiger partial charge in [-0.15, -0.1) is 0 Å². The minimum absolute atomic E-state index is 0.0825. The summed E-state index contributed by atoms with van der Waals surface area (Å²) < 4.78 is 10.8. The maximum atomic E-state index is 12.4. The molecule has 0 unspecified atom stereocenters. The van der Waals surface area contributed by atoms with Crippen LogP contribution in [0.1, 0.15) is 29.2 Å². The number of nitrogens with one attached hydrogen (secondary N) is 2. The number of anilines is 2. The Morgan fingerprint density at radius 1 is 1.13 bits per heavy atom. The molecule has 2 aromatic carbocycles. The Bertz CT molecular complexity index is 1040. The molecule has 0 saturated heterocycles. The lowest BCUT2D eigenvalue weighted by atomic mass is 9.99. The van der Waals surface area contributed by atoms with Gasteiger partial charge in [0.15, 0.2) is 0 Å². The minimum Gasteiger partial charge on any atom is -0.496 e. The van der Waals surface area contributed by atoms with E-state index in [9.17, 15) is 14.4 Å². The number of nitrogens with zero attached hydrogens (tertiary/aromatic N) is 1. The number of amides is 3. The van der Waals surface area contributed by atoms with Crippen molar-refractivity contribution in [3.05, 3.63) is 53.1 Å². The zero-order valence-corrected chi connectivity index (χ0v) is 17.6. The molecule has 4 rings (SSSR count). The molecule has 2 aliphatic rings. The molecule has 0 radical (unpaired) electrons. The number of ether oxygens (including phenoxy) is 2. The molecular weight excluding hydrogens is 398 g/mol. The van der Waals surface area contributed by atoms with Gasteiger partial charge in [-0.1, -0.05) is 18.2 Å². The molecule has 0 saturated carbocycles. The van der Waals surface area contributed by atoms with Crippen molar-refractivity contribution in [3.63, 3.8) is 0 Å². The molecule has 0 aromatic heterocycles. The third-order valence-electron chi connectivity index (χ3n) is 5.69. The third kappa shape index (κ3) is 4.11. The van der Waals surface area contributed by atoms with Crippen LogP contribution < -0.4 is 20.3 Å². The number of hydrogen-bond acceptors (Lipinski definition) is 5. The summed E-state index contributed by atoms with van der Waals surface area (Å²) >= 11 is 0. The highest BCUT2D eigenvalue weighted by molar-refractivity contribution is 6.39. The highest BCUT2D eigenvalue weighted by atomic mass is 16.5. The second-order valence-electron chi connectivity index (χ2n) is 7.60.